The van der Waals surface area contributed by atoms with Crippen molar-refractivity contribution in [3.8, 4) is 11.5 Å². The van der Waals surface area contributed by atoms with Crippen molar-refractivity contribution >= 4 is 30.2 Å². The van der Waals surface area contributed by atoms with Gasteiger partial charge in [-0.2, -0.15) is 0 Å². The number of nitrogens with zero attached hydrogens (tertiary/aromatic N) is 3. The average Bonchev–Trinajstić information content (AvgIpc) is 3.29. The summed E-state index contributed by atoms with van der Waals surface area (Å²) < 4.78 is 32.8. The molecular weight excluding hydrogens is 546 g/mol. The Balaban J connectivity index is 1.45. The van der Waals surface area contributed by atoms with Crippen LogP contribution in [-0.2, 0) is 17.7 Å². The van der Waals surface area contributed by atoms with E-state index in [9.17, 15) is 23.7 Å². The van der Waals surface area contributed by atoms with Gasteiger partial charge >= 0.3 is 7.52 Å². The lowest BCUT2D eigenvalue weighted by atomic mass is 9.95. The van der Waals surface area contributed by atoms with Gasteiger partial charge in [0.05, 0.1) is 17.3 Å². The molecule has 1 atom stereocenters. The van der Waals surface area contributed by atoms with Gasteiger partial charge in [0.2, 0.25) is 0 Å². The number of carbonyl (C=O) groups is 2. The first-order valence-corrected chi connectivity index (χ1v) is 15.0. The number of para-hydroxylation sites is 1. The van der Waals surface area contributed by atoms with Gasteiger partial charge in [-0.05, 0) is 35.9 Å². The molecule has 0 saturated carbocycles. The fourth-order valence-electron chi connectivity index (χ4n) is 4.96. The van der Waals surface area contributed by atoms with Gasteiger partial charge in [0.25, 0.3) is 11.8 Å². The van der Waals surface area contributed by atoms with Crippen molar-refractivity contribution in [1.29, 1.82) is 0 Å². The highest BCUT2D eigenvalue weighted by molar-refractivity contribution is 7.57. The van der Waals surface area contributed by atoms with Crippen LogP contribution in [0.1, 0.15) is 38.8 Å². The Morgan fingerprint density at radius 1 is 1.15 bits per heavy atom. The second kappa shape index (κ2) is 11.7. The molecule has 1 unspecified atom stereocenters. The number of pyridine rings is 1. The standard InChI is InChI=1S/C30H30FN4O5P/c1-3-33-41(39,40-22-8-5-4-6-9-22)17-16-34(2)29(37)25-23-10-7-15-32-27(23)28(36)26-24(25)19-35(30(26)38)18-20-11-13-21(31)14-12-20/h4-15,36H,3,16-19H2,1-2H3,(H,33,39). The van der Waals surface area contributed by atoms with Crippen molar-refractivity contribution < 1.29 is 28.2 Å². The number of nitrogens with one attached hydrogen (secondary N) is 1. The van der Waals surface area contributed by atoms with Crippen LogP contribution in [0.15, 0.2) is 72.9 Å². The number of carbonyl (C=O) groups excluding carboxylic acids is 2. The van der Waals surface area contributed by atoms with Crippen molar-refractivity contribution in [2.24, 2.45) is 0 Å². The molecule has 2 amide bonds. The summed E-state index contributed by atoms with van der Waals surface area (Å²) in [5, 5.41) is 14.4. The molecule has 0 saturated heterocycles. The maximum Gasteiger partial charge on any atom is 0.318 e. The van der Waals surface area contributed by atoms with Gasteiger partial charge in [-0.15, -0.1) is 0 Å². The number of phenolic OH excluding ortho intramolecular Hbond substituents is 1. The molecule has 2 heterocycles. The van der Waals surface area contributed by atoms with Crippen molar-refractivity contribution in [3.63, 3.8) is 0 Å². The molecule has 0 spiro atoms. The van der Waals surface area contributed by atoms with Crippen LogP contribution in [0.3, 0.4) is 0 Å². The second-order valence-electron chi connectivity index (χ2n) is 9.80. The summed E-state index contributed by atoms with van der Waals surface area (Å²) in [5.74, 6) is -1.06. The van der Waals surface area contributed by atoms with Crippen LogP contribution in [0.5, 0.6) is 11.5 Å². The molecule has 0 radical (unpaired) electrons. The topological polar surface area (TPSA) is 112 Å². The van der Waals surface area contributed by atoms with Gasteiger partial charge in [0, 0.05) is 50.4 Å². The average molecular weight is 577 g/mol. The van der Waals surface area contributed by atoms with Gasteiger partial charge in [0.1, 0.15) is 17.1 Å². The van der Waals surface area contributed by atoms with Crippen molar-refractivity contribution in [2.75, 3.05) is 26.3 Å². The summed E-state index contributed by atoms with van der Waals surface area (Å²) in [6, 6.07) is 18.0. The van der Waals surface area contributed by atoms with E-state index in [0.29, 0.717) is 28.8 Å². The third kappa shape index (κ3) is 5.80. The van der Waals surface area contributed by atoms with E-state index < -0.39 is 19.3 Å². The molecule has 0 fully saturated rings. The first-order chi connectivity index (χ1) is 19.7. The van der Waals surface area contributed by atoms with Crippen LogP contribution in [-0.4, -0.2) is 58.0 Å². The van der Waals surface area contributed by atoms with E-state index in [2.05, 4.69) is 10.1 Å². The van der Waals surface area contributed by atoms with E-state index in [1.54, 1.807) is 55.6 Å². The molecule has 5 rings (SSSR count). The highest BCUT2D eigenvalue weighted by Crippen LogP contribution is 2.43. The number of phenols is 1. The first kappa shape index (κ1) is 28.3. The third-order valence-corrected chi connectivity index (χ3v) is 9.06. The minimum absolute atomic E-state index is 0.0285. The second-order valence-corrected chi connectivity index (χ2v) is 12.1. The fraction of sp³-hybridized carbons (Fsp3) is 0.233. The molecule has 1 aromatic heterocycles. The van der Waals surface area contributed by atoms with Crippen molar-refractivity contribution in [3.05, 3.63) is 101 Å². The maximum absolute atomic E-state index is 14.0. The molecule has 9 nitrogen and oxygen atoms in total. The molecule has 0 aliphatic carbocycles. The number of halogens is 1. The molecule has 3 aromatic carbocycles. The van der Waals surface area contributed by atoms with E-state index in [4.69, 9.17) is 4.52 Å². The number of benzene rings is 3. The van der Waals surface area contributed by atoms with Gasteiger partial charge in [-0.1, -0.05) is 43.3 Å². The SMILES string of the molecule is CCNP(=O)(CCN(C)C(=O)c1c2c(c(O)c3ncccc13)C(=O)N(Cc1ccc(F)cc1)C2)Oc1ccccc1. The molecule has 11 heteroatoms. The van der Waals surface area contributed by atoms with E-state index in [0.717, 1.165) is 0 Å². The fourth-order valence-corrected chi connectivity index (χ4v) is 6.78. The van der Waals surface area contributed by atoms with E-state index in [-0.39, 0.29) is 54.0 Å². The smallest absolute Gasteiger partial charge is 0.318 e. The van der Waals surface area contributed by atoms with Crippen LogP contribution in [0.25, 0.3) is 10.9 Å². The highest BCUT2D eigenvalue weighted by Gasteiger charge is 2.37. The lowest BCUT2D eigenvalue weighted by molar-refractivity contribution is 0.0759. The molecule has 2 N–H and O–H groups in total. The number of hydrogen-bond acceptors (Lipinski definition) is 6. The minimum atomic E-state index is -3.35. The maximum atomic E-state index is 14.0. The Hall–Kier alpha value is -4.27. The predicted molar refractivity (Wildman–Crippen MR) is 154 cm³/mol. The van der Waals surface area contributed by atoms with Crippen LogP contribution in [0.2, 0.25) is 0 Å². The van der Waals surface area contributed by atoms with Crippen LogP contribution in [0.4, 0.5) is 4.39 Å². The quantitative estimate of drug-likeness (QED) is 0.250. The molecular formula is C30H30FN4O5P. The zero-order valence-corrected chi connectivity index (χ0v) is 23.6. The number of aromatic nitrogens is 1. The third-order valence-electron chi connectivity index (χ3n) is 6.96. The molecule has 41 heavy (non-hydrogen) atoms. The molecule has 1 aliphatic heterocycles. The summed E-state index contributed by atoms with van der Waals surface area (Å²) in [6.45, 7) is 2.58. The summed E-state index contributed by atoms with van der Waals surface area (Å²) in [6.07, 6.45) is 1.53. The van der Waals surface area contributed by atoms with E-state index in [1.165, 1.54) is 28.1 Å². The van der Waals surface area contributed by atoms with Crippen molar-refractivity contribution in [2.45, 2.75) is 20.0 Å². The summed E-state index contributed by atoms with van der Waals surface area (Å²) in [4.78, 5) is 34.6. The van der Waals surface area contributed by atoms with Gasteiger partial charge in [-0.3, -0.25) is 19.1 Å². The van der Waals surface area contributed by atoms with Crippen LogP contribution >= 0.6 is 7.52 Å². The Kier molecular flexibility index (Phi) is 8.06. The number of amides is 2. The molecule has 212 valence electrons. The van der Waals surface area contributed by atoms with Crippen LogP contribution in [0, 0.1) is 5.82 Å². The lowest BCUT2D eigenvalue weighted by Crippen LogP contribution is -2.32. The van der Waals surface area contributed by atoms with E-state index in [1.807, 2.05) is 13.0 Å². The van der Waals surface area contributed by atoms with Gasteiger partial charge < -0.3 is 19.4 Å². The van der Waals surface area contributed by atoms with Crippen molar-refractivity contribution in [1.82, 2.24) is 19.9 Å². The number of fused-ring (bicyclic) bond motifs is 2. The zero-order valence-electron chi connectivity index (χ0n) is 22.7. The first-order valence-electron chi connectivity index (χ1n) is 13.2. The van der Waals surface area contributed by atoms with Gasteiger partial charge in [-0.25, -0.2) is 9.48 Å². The summed E-state index contributed by atoms with van der Waals surface area (Å²) in [7, 11) is -1.75. The Morgan fingerprint density at radius 3 is 2.59 bits per heavy atom. The lowest BCUT2D eigenvalue weighted by Gasteiger charge is -2.24. The highest BCUT2D eigenvalue weighted by atomic mass is 31.2. The molecule has 1 aliphatic rings. The Labute approximate surface area is 237 Å². The predicted octanol–water partition coefficient (Wildman–Crippen LogP) is 5.19. The summed E-state index contributed by atoms with van der Waals surface area (Å²) >= 11 is 0. The monoisotopic (exact) mass is 576 g/mol. The number of hydrogen-bond donors (Lipinski definition) is 2. The summed E-state index contributed by atoms with van der Waals surface area (Å²) in [5.41, 5.74) is 1.52. The normalized spacial score (nSPS) is 14.1. The van der Waals surface area contributed by atoms with Crippen LogP contribution < -0.4 is 9.61 Å². The molecule has 0 bridgehead atoms. The Bertz CT molecular complexity index is 1650. The zero-order chi connectivity index (χ0) is 29.1. The van der Waals surface area contributed by atoms with E-state index >= 15 is 0 Å². The number of aromatic hydroxyl groups is 1. The minimum Gasteiger partial charge on any atom is -0.505 e. The Morgan fingerprint density at radius 2 is 1.88 bits per heavy atom. The molecule has 4 aromatic rings. The largest absolute Gasteiger partial charge is 0.505 e. The van der Waals surface area contributed by atoms with Gasteiger partial charge in [0.15, 0.2) is 5.75 Å². The number of rotatable bonds is 10.